The Morgan fingerprint density at radius 2 is 1.96 bits per heavy atom. The van der Waals surface area contributed by atoms with Gasteiger partial charge in [-0.15, -0.1) is 0 Å². The van der Waals surface area contributed by atoms with Gasteiger partial charge in [-0.05, 0) is 32.0 Å². The fourth-order valence-corrected chi connectivity index (χ4v) is 2.14. The highest BCUT2D eigenvalue weighted by molar-refractivity contribution is 5.91. The summed E-state index contributed by atoms with van der Waals surface area (Å²) in [5.41, 5.74) is 0.721. The molecule has 0 aromatic heterocycles. The number of rotatable bonds is 5. The zero-order valence-corrected chi connectivity index (χ0v) is 12.9. The number of carbonyl (C=O) groups excluding carboxylic acids is 1. The van der Waals surface area contributed by atoms with Crippen molar-refractivity contribution in [2.75, 3.05) is 11.9 Å². The van der Waals surface area contributed by atoms with Gasteiger partial charge in [0.1, 0.15) is 17.4 Å². The normalized spacial score (nSPS) is 11.7. The lowest BCUT2D eigenvalue weighted by Crippen LogP contribution is -2.31. The van der Waals surface area contributed by atoms with Crippen molar-refractivity contribution >= 4 is 11.7 Å². The van der Waals surface area contributed by atoms with Crippen molar-refractivity contribution in [1.29, 1.82) is 0 Å². The minimum absolute atomic E-state index is 0.208. The van der Waals surface area contributed by atoms with Crippen LogP contribution in [0.2, 0.25) is 0 Å². The van der Waals surface area contributed by atoms with Gasteiger partial charge in [-0.2, -0.15) is 0 Å². The van der Waals surface area contributed by atoms with Crippen LogP contribution in [0.4, 0.5) is 19.3 Å². The molecule has 1 atom stereocenters. The van der Waals surface area contributed by atoms with E-state index in [0.29, 0.717) is 18.0 Å². The minimum Gasteiger partial charge on any atom is -0.492 e. The van der Waals surface area contributed by atoms with Gasteiger partial charge in [0.05, 0.1) is 18.3 Å². The molecule has 0 unspecified atom stereocenters. The van der Waals surface area contributed by atoms with Crippen molar-refractivity contribution in [1.82, 2.24) is 5.32 Å². The Kier molecular flexibility index (Phi) is 5.51. The summed E-state index contributed by atoms with van der Waals surface area (Å²) >= 11 is 0. The van der Waals surface area contributed by atoms with Gasteiger partial charge >= 0.3 is 6.03 Å². The molecule has 2 N–H and O–H groups in total. The summed E-state index contributed by atoms with van der Waals surface area (Å²) in [6.45, 7) is 3.93. The lowest BCUT2D eigenvalue weighted by molar-refractivity contribution is 0.249. The van der Waals surface area contributed by atoms with E-state index in [-0.39, 0.29) is 5.56 Å². The summed E-state index contributed by atoms with van der Waals surface area (Å²) < 4.78 is 32.1. The molecule has 4 nitrogen and oxygen atoms in total. The van der Waals surface area contributed by atoms with Crippen LogP contribution >= 0.6 is 0 Å². The molecule has 0 aliphatic carbocycles. The predicted octanol–water partition coefficient (Wildman–Crippen LogP) is 4.25. The van der Waals surface area contributed by atoms with Gasteiger partial charge in [-0.25, -0.2) is 13.6 Å². The van der Waals surface area contributed by atoms with E-state index in [1.54, 1.807) is 31.2 Å². The Bertz CT molecular complexity index is 692. The third kappa shape index (κ3) is 4.42. The monoisotopic (exact) mass is 320 g/mol. The molecule has 0 fully saturated rings. The van der Waals surface area contributed by atoms with Crippen LogP contribution in [0.1, 0.15) is 25.5 Å². The first-order valence-electron chi connectivity index (χ1n) is 7.25. The predicted molar refractivity (Wildman–Crippen MR) is 84.5 cm³/mol. The van der Waals surface area contributed by atoms with Gasteiger partial charge in [0.2, 0.25) is 0 Å². The molecule has 2 aromatic carbocycles. The number of nitrogens with one attached hydrogen (secondary N) is 2. The number of urea groups is 1. The Morgan fingerprint density at radius 1 is 1.22 bits per heavy atom. The van der Waals surface area contributed by atoms with Gasteiger partial charge in [0, 0.05) is 11.6 Å². The molecule has 0 heterocycles. The van der Waals surface area contributed by atoms with Crippen molar-refractivity contribution in [3.8, 4) is 5.75 Å². The van der Waals surface area contributed by atoms with Crippen LogP contribution in [-0.2, 0) is 0 Å². The second-order valence-electron chi connectivity index (χ2n) is 4.92. The fraction of sp³-hybridized carbons (Fsp3) is 0.235. The maximum Gasteiger partial charge on any atom is 0.319 e. The highest BCUT2D eigenvalue weighted by Crippen LogP contribution is 2.24. The van der Waals surface area contributed by atoms with Crippen molar-refractivity contribution < 1.29 is 18.3 Å². The fourth-order valence-electron chi connectivity index (χ4n) is 2.14. The van der Waals surface area contributed by atoms with E-state index in [1.807, 2.05) is 6.92 Å². The standard InChI is InChI=1S/C17H18F2N2O2/c1-3-23-16-7-5-4-6-15(16)21-17(22)20-11(2)13-9-8-12(18)10-14(13)19/h4-11H,3H2,1-2H3,(H2,20,21,22)/t11-/m0/s1. The number of hydrogen-bond acceptors (Lipinski definition) is 2. The number of anilines is 1. The second-order valence-corrected chi connectivity index (χ2v) is 4.92. The molecule has 2 rings (SSSR count). The van der Waals surface area contributed by atoms with Crippen LogP contribution in [0, 0.1) is 11.6 Å². The Labute approximate surface area is 133 Å². The molecule has 6 heteroatoms. The zero-order valence-electron chi connectivity index (χ0n) is 12.9. The molecule has 0 aliphatic rings. The molecule has 2 amide bonds. The molecule has 0 radical (unpaired) electrons. The summed E-state index contributed by atoms with van der Waals surface area (Å²) in [5, 5.41) is 5.26. The Balaban J connectivity index is 2.04. The molecule has 2 aromatic rings. The summed E-state index contributed by atoms with van der Waals surface area (Å²) in [6, 6.07) is 9.13. The molecular weight excluding hydrogens is 302 g/mol. The molecule has 122 valence electrons. The number of carbonyl (C=O) groups is 1. The molecule has 0 saturated heterocycles. The molecule has 0 saturated carbocycles. The van der Waals surface area contributed by atoms with E-state index in [1.165, 1.54) is 6.07 Å². The maximum absolute atomic E-state index is 13.7. The van der Waals surface area contributed by atoms with Crippen LogP contribution in [0.3, 0.4) is 0 Å². The molecular formula is C17H18F2N2O2. The number of ether oxygens (including phenoxy) is 1. The SMILES string of the molecule is CCOc1ccccc1NC(=O)N[C@@H](C)c1ccc(F)cc1F. The quantitative estimate of drug-likeness (QED) is 0.865. The van der Waals surface area contributed by atoms with Gasteiger partial charge in [0.25, 0.3) is 0 Å². The van der Waals surface area contributed by atoms with E-state index < -0.39 is 23.7 Å². The van der Waals surface area contributed by atoms with E-state index in [2.05, 4.69) is 10.6 Å². The average molecular weight is 320 g/mol. The topological polar surface area (TPSA) is 50.4 Å². The van der Waals surface area contributed by atoms with E-state index in [9.17, 15) is 13.6 Å². The van der Waals surface area contributed by atoms with Gasteiger partial charge in [0.15, 0.2) is 0 Å². The van der Waals surface area contributed by atoms with Gasteiger partial charge in [-0.1, -0.05) is 18.2 Å². The van der Waals surface area contributed by atoms with Crippen LogP contribution < -0.4 is 15.4 Å². The molecule has 0 spiro atoms. The van der Waals surface area contributed by atoms with Crippen LogP contribution in [0.25, 0.3) is 0 Å². The first-order valence-corrected chi connectivity index (χ1v) is 7.25. The van der Waals surface area contributed by atoms with Gasteiger partial charge < -0.3 is 15.4 Å². The minimum atomic E-state index is -0.701. The largest absolute Gasteiger partial charge is 0.492 e. The van der Waals surface area contributed by atoms with Crippen LogP contribution in [-0.4, -0.2) is 12.6 Å². The molecule has 0 aliphatic heterocycles. The van der Waals surface area contributed by atoms with Crippen molar-refractivity contribution in [3.63, 3.8) is 0 Å². The second kappa shape index (κ2) is 7.58. The third-order valence-corrected chi connectivity index (χ3v) is 3.21. The first-order chi connectivity index (χ1) is 11.0. The number of halogens is 2. The Morgan fingerprint density at radius 3 is 2.65 bits per heavy atom. The molecule has 23 heavy (non-hydrogen) atoms. The summed E-state index contributed by atoms with van der Waals surface area (Å²) in [6.07, 6.45) is 0. The highest BCUT2D eigenvalue weighted by atomic mass is 19.1. The smallest absolute Gasteiger partial charge is 0.319 e. The Hall–Kier alpha value is -2.63. The van der Waals surface area contributed by atoms with E-state index >= 15 is 0 Å². The van der Waals surface area contributed by atoms with Crippen molar-refractivity contribution in [2.45, 2.75) is 19.9 Å². The number of amides is 2. The number of hydrogen-bond donors (Lipinski definition) is 2. The van der Waals surface area contributed by atoms with E-state index in [0.717, 1.165) is 12.1 Å². The van der Waals surface area contributed by atoms with Crippen molar-refractivity contribution in [3.05, 3.63) is 59.7 Å². The first kappa shape index (κ1) is 16.7. The summed E-state index contributed by atoms with van der Waals surface area (Å²) in [7, 11) is 0. The number of benzene rings is 2. The third-order valence-electron chi connectivity index (χ3n) is 3.21. The number of para-hydroxylation sites is 2. The average Bonchev–Trinajstić information content (AvgIpc) is 2.49. The zero-order chi connectivity index (χ0) is 16.8. The lowest BCUT2D eigenvalue weighted by atomic mass is 10.1. The summed E-state index contributed by atoms with van der Waals surface area (Å²) in [5.74, 6) is -0.813. The molecule has 0 bridgehead atoms. The maximum atomic E-state index is 13.7. The highest BCUT2D eigenvalue weighted by Gasteiger charge is 2.15. The van der Waals surface area contributed by atoms with Gasteiger partial charge in [-0.3, -0.25) is 0 Å². The van der Waals surface area contributed by atoms with Crippen molar-refractivity contribution in [2.24, 2.45) is 0 Å². The van der Waals surface area contributed by atoms with Crippen LogP contribution in [0.15, 0.2) is 42.5 Å². The van der Waals surface area contributed by atoms with E-state index in [4.69, 9.17) is 4.74 Å². The summed E-state index contributed by atoms with van der Waals surface area (Å²) in [4.78, 5) is 12.1. The lowest BCUT2D eigenvalue weighted by Gasteiger charge is -2.17. The van der Waals surface area contributed by atoms with Crippen LogP contribution in [0.5, 0.6) is 5.75 Å².